The number of rotatable bonds is 3. The Hall–Kier alpha value is -3.41. The molecule has 3 N–H and O–H groups in total. The number of furan rings is 1. The van der Waals surface area contributed by atoms with Crippen molar-refractivity contribution in [2.75, 3.05) is 5.32 Å². The first-order chi connectivity index (χ1) is 12.1. The second kappa shape index (κ2) is 5.90. The summed E-state index contributed by atoms with van der Waals surface area (Å²) >= 11 is 0. The van der Waals surface area contributed by atoms with E-state index in [0.29, 0.717) is 22.6 Å². The summed E-state index contributed by atoms with van der Waals surface area (Å²) in [4.78, 5) is 14.6. The van der Waals surface area contributed by atoms with Crippen LogP contribution in [0, 0.1) is 0 Å². The van der Waals surface area contributed by atoms with Crippen LogP contribution in [0.3, 0.4) is 0 Å². The Bertz CT molecular complexity index is 921. The Kier molecular flexibility index (Phi) is 3.57. The van der Waals surface area contributed by atoms with Crippen LogP contribution in [0.25, 0.3) is 0 Å². The van der Waals surface area contributed by atoms with Gasteiger partial charge in [0.15, 0.2) is 11.5 Å². The van der Waals surface area contributed by atoms with Crippen LogP contribution in [0.1, 0.15) is 27.8 Å². The van der Waals surface area contributed by atoms with E-state index in [9.17, 15) is 15.0 Å². The van der Waals surface area contributed by atoms with Gasteiger partial charge in [-0.25, -0.2) is 0 Å². The topological polar surface area (TPSA) is 85.9 Å². The van der Waals surface area contributed by atoms with Crippen LogP contribution in [0.5, 0.6) is 11.5 Å². The van der Waals surface area contributed by atoms with Crippen molar-refractivity contribution in [2.24, 2.45) is 0 Å². The number of benzene rings is 2. The molecule has 2 heterocycles. The molecule has 4 rings (SSSR count). The van der Waals surface area contributed by atoms with E-state index in [4.69, 9.17) is 4.42 Å². The van der Waals surface area contributed by atoms with Crippen LogP contribution in [-0.2, 0) is 6.54 Å². The van der Waals surface area contributed by atoms with Crippen molar-refractivity contribution in [3.63, 3.8) is 0 Å². The number of phenolic OH excluding ortho intramolecular Hbond substituents is 2. The molecule has 6 heteroatoms. The SMILES string of the molecule is O=C1c2ccccc2N[C@H](c2cccc(O)c2O)N1Cc1ccco1. The van der Waals surface area contributed by atoms with Crippen molar-refractivity contribution in [1.29, 1.82) is 0 Å². The predicted molar refractivity (Wildman–Crippen MR) is 91.2 cm³/mol. The van der Waals surface area contributed by atoms with Crippen LogP contribution in [0.15, 0.2) is 65.3 Å². The number of carbonyl (C=O) groups is 1. The fourth-order valence-electron chi connectivity index (χ4n) is 3.04. The highest BCUT2D eigenvalue weighted by Gasteiger charge is 2.35. The van der Waals surface area contributed by atoms with Gasteiger partial charge in [0.1, 0.15) is 11.9 Å². The maximum absolute atomic E-state index is 13.0. The summed E-state index contributed by atoms with van der Waals surface area (Å²) in [7, 11) is 0. The zero-order valence-corrected chi connectivity index (χ0v) is 13.2. The number of amides is 1. The van der Waals surface area contributed by atoms with Gasteiger partial charge in [0.25, 0.3) is 5.91 Å². The van der Waals surface area contributed by atoms with Crippen LogP contribution in [-0.4, -0.2) is 21.0 Å². The van der Waals surface area contributed by atoms with Crippen LogP contribution in [0.4, 0.5) is 5.69 Å². The minimum Gasteiger partial charge on any atom is -0.504 e. The van der Waals surface area contributed by atoms with Gasteiger partial charge in [0.05, 0.1) is 18.4 Å². The molecule has 25 heavy (non-hydrogen) atoms. The number of nitrogens with zero attached hydrogens (tertiary/aromatic N) is 1. The number of fused-ring (bicyclic) bond motifs is 1. The minimum absolute atomic E-state index is 0.182. The van der Waals surface area contributed by atoms with Crippen molar-refractivity contribution < 1.29 is 19.4 Å². The lowest BCUT2D eigenvalue weighted by Crippen LogP contribution is -2.42. The Morgan fingerprint density at radius 1 is 1.04 bits per heavy atom. The van der Waals surface area contributed by atoms with Gasteiger partial charge in [0.2, 0.25) is 0 Å². The Morgan fingerprint density at radius 3 is 2.68 bits per heavy atom. The third-order valence-electron chi connectivity index (χ3n) is 4.27. The molecule has 0 spiro atoms. The van der Waals surface area contributed by atoms with Gasteiger partial charge in [-0.2, -0.15) is 0 Å². The van der Waals surface area contributed by atoms with E-state index in [2.05, 4.69) is 5.32 Å². The highest BCUT2D eigenvalue weighted by molar-refractivity contribution is 6.01. The van der Waals surface area contributed by atoms with Crippen LogP contribution >= 0.6 is 0 Å². The lowest BCUT2D eigenvalue weighted by atomic mass is 10.0. The van der Waals surface area contributed by atoms with Gasteiger partial charge in [-0.05, 0) is 30.3 Å². The van der Waals surface area contributed by atoms with E-state index >= 15 is 0 Å². The van der Waals surface area contributed by atoms with Crippen LogP contribution in [0.2, 0.25) is 0 Å². The third-order valence-corrected chi connectivity index (χ3v) is 4.27. The number of phenols is 2. The number of hydrogen-bond donors (Lipinski definition) is 3. The zero-order chi connectivity index (χ0) is 17.4. The summed E-state index contributed by atoms with van der Waals surface area (Å²) in [5, 5.41) is 23.4. The summed E-state index contributed by atoms with van der Waals surface area (Å²) in [6, 6.07) is 15.4. The molecule has 126 valence electrons. The van der Waals surface area contributed by atoms with E-state index in [1.807, 2.05) is 12.1 Å². The summed E-state index contributed by atoms with van der Waals surface area (Å²) in [5.41, 5.74) is 1.63. The van der Waals surface area contributed by atoms with Crippen molar-refractivity contribution in [3.05, 3.63) is 77.7 Å². The van der Waals surface area contributed by atoms with Crippen molar-refractivity contribution >= 4 is 11.6 Å². The first-order valence-electron chi connectivity index (χ1n) is 7.85. The standard InChI is InChI=1S/C19H16N2O4/c22-16-9-3-7-14(17(16)23)18-20-15-8-2-1-6-13(15)19(24)21(18)11-12-5-4-10-25-12/h1-10,18,20,22-23H,11H2/t18-/m0/s1. The highest BCUT2D eigenvalue weighted by atomic mass is 16.3. The summed E-state index contributed by atoms with van der Waals surface area (Å²) in [5.74, 6) is -0.0437. The second-order valence-electron chi connectivity index (χ2n) is 5.82. The summed E-state index contributed by atoms with van der Waals surface area (Å²) < 4.78 is 5.38. The zero-order valence-electron chi connectivity index (χ0n) is 13.2. The predicted octanol–water partition coefficient (Wildman–Crippen LogP) is 3.46. The fourth-order valence-corrected chi connectivity index (χ4v) is 3.04. The van der Waals surface area contributed by atoms with Crippen molar-refractivity contribution in [3.8, 4) is 11.5 Å². The molecule has 0 fully saturated rings. The molecular weight excluding hydrogens is 320 g/mol. The number of anilines is 1. The number of carbonyl (C=O) groups excluding carboxylic acids is 1. The van der Waals surface area contributed by atoms with E-state index < -0.39 is 6.17 Å². The van der Waals surface area contributed by atoms with Gasteiger partial charge in [-0.3, -0.25) is 4.79 Å². The molecule has 0 aliphatic carbocycles. The molecule has 0 bridgehead atoms. The first kappa shape index (κ1) is 15.1. The molecule has 1 aliphatic rings. The van der Waals surface area contributed by atoms with Crippen LogP contribution < -0.4 is 5.32 Å². The van der Waals surface area contributed by atoms with E-state index in [-0.39, 0.29) is 24.0 Å². The lowest BCUT2D eigenvalue weighted by Gasteiger charge is -2.37. The molecule has 2 aromatic carbocycles. The Labute approximate surface area is 143 Å². The van der Waals surface area contributed by atoms with E-state index in [1.54, 1.807) is 47.6 Å². The summed E-state index contributed by atoms with van der Waals surface area (Å²) in [6.45, 7) is 0.229. The highest BCUT2D eigenvalue weighted by Crippen LogP contribution is 2.40. The molecule has 0 saturated carbocycles. The molecule has 1 amide bonds. The molecule has 3 aromatic rings. The summed E-state index contributed by atoms with van der Waals surface area (Å²) in [6.07, 6.45) is 0.908. The Morgan fingerprint density at radius 2 is 1.88 bits per heavy atom. The molecule has 0 unspecified atom stereocenters. The van der Waals surface area contributed by atoms with Crippen molar-refractivity contribution in [2.45, 2.75) is 12.7 Å². The smallest absolute Gasteiger partial charge is 0.258 e. The average molecular weight is 336 g/mol. The molecular formula is C19H16N2O4. The van der Waals surface area contributed by atoms with Crippen molar-refractivity contribution in [1.82, 2.24) is 4.90 Å². The number of nitrogens with one attached hydrogen (secondary N) is 1. The maximum Gasteiger partial charge on any atom is 0.258 e. The van der Waals surface area contributed by atoms with Gasteiger partial charge >= 0.3 is 0 Å². The monoisotopic (exact) mass is 336 g/mol. The largest absolute Gasteiger partial charge is 0.504 e. The van der Waals surface area contributed by atoms with E-state index in [1.165, 1.54) is 6.07 Å². The fraction of sp³-hybridized carbons (Fsp3) is 0.105. The average Bonchev–Trinajstić information content (AvgIpc) is 3.13. The second-order valence-corrected chi connectivity index (χ2v) is 5.82. The van der Waals surface area contributed by atoms with Gasteiger partial charge in [-0.1, -0.05) is 24.3 Å². The first-order valence-corrected chi connectivity index (χ1v) is 7.85. The lowest BCUT2D eigenvalue weighted by molar-refractivity contribution is 0.0649. The van der Waals surface area contributed by atoms with E-state index in [0.717, 1.165) is 0 Å². The normalized spacial score (nSPS) is 16.4. The van der Waals surface area contributed by atoms with Gasteiger partial charge in [0, 0.05) is 11.3 Å². The molecule has 0 saturated heterocycles. The maximum atomic E-state index is 13.0. The number of aromatic hydroxyl groups is 2. The third kappa shape index (κ3) is 2.57. The quantitative estimate of drug-likeness (QED) is 0.638. The van der Waals surface area contributed by atoms with Gasteiger partial charge in [-0.15, -0.1) is 0 Å². The minimum atomic E-state index is -0.639. The molecule has 0 radical (unpaired) electrons. The molecule has 1 aliphatic heterocycles. The molecule has 6 nitrogen and oxygen atoms in total. The number of para-hydroxylation sites is 2. The molecule has 1 atom stereocenters. The Balaban J connectivity index is 1.81. The molecule has 1 aromatic heterocycles. The number of hydrogen-bond acceptors (Lipinski definition) is 5. The van der Waals surface area contributed by atoms with Gasteiger partial charge < -0.3 is 24.8 Å².